The van der Waals surface area contributed by atoms with Gasteiger partial charge in [0.05, 0.1) is 0 Å². The molecule has 0 saturated heterocycles. The van der Waals surface area contributed by atoms with Gasteiger partial charge in [-0.1, -0.05) is 29.8 Å². The Morgan fingerprint density at radius 3 is 2.22 bits per heavy atom. The van der Waals surface area contributed by atoms with Crippen molar-refractivity contribution in [1.82, 2.24) is 0 Å². The van der Waals surface area contributed by atoms with Crippen molar-refractivity contribution in [3.05, 3.63) is 65.5 Å². The van der Waals surface area contributed by atoms with Crippen LogP contribution in [0.5, 0.6) is 5.75 Å². The van der Waals surface area contributed by atoms with E-state index in [1.807, 2.05) is 31.2 Å². The molecule has 0 heterocycles. The Morgan fingerprint density at radius 2 is 1.67 bits per heavy atom. The molecule has 2 N–H and O–H groups in total. The minimum Gasteiger partial charge on any atom is -0.484 e. The summed E-state index contributed by atoms with van der Waals surface area (Å²) in [6, 6.07) is 14.0. The lowest BCUT2D eigenvalue weighted by Crippen LogP contribution is -2.18. The van der Waals surface area contributed by atoms with E-state index in [-0.39, 0.29) is 11.9 Å². The fraction of sp³-hybridized carbons (Fsp3) is 0.200. The van der Waals surface area contributed by atoms with Crippen LogP contribution in [0.4, 0.5) is 4.39 Å². The standard InChI is InChI=1S/C15H16FNO/c1-11-2-8-14(9-3-11)18-15(10-17)12-4-6-13(16)7-5-12/h2-9,15H,10,17H2,1H3. The van der Waals surface area contributed by atoms with Gasteiger partial charge in [0, 0.05) is 6.54 Å². The summed E-state index contributed by atoms with van der Waals surface area (Å²) in [5.41, 5.74) is 7.75. The van der Waals surface area contributed by atoms with Crippen LogP contribution in [0.15, 0.2) is 48.5 Å². The fourth-order valence-corrected chi connectivity index (χ4v) is 1.71. The van der Waals surface area contributed by atoms with Gasteiger partial charge in [-0.05, 0) is 36.8 Å². The lowest BCUT2D eigenvalue weighted by Gasteiger charge is -2.18. The molecule has 0 saturated carbocycles. The molecule has 1 atom stereocenters. The van der Waals surface area contributed by atoms with Gasteiger partial charge in [0.15, 0.2) is 0 Å². The first kappa shape index (κ1) is 12.6. The van der Waals surface area contributed by atoms with E-state index in [1.54, 1.807) is 12.1 Å². The topological polar surface area (TPSA) is 35.2 Å². The maximum Gasteiger partial charge on any atom is 0.136 e. The molecule has 2 aromatic rings. The van der Waals surface area contributed by atoms with Crippen LogP contribution in [0, 0.1) is 12.7 Å². The Bertz CT molecular complexity index is 493. The summed E-state index contributed by atoms with van der Waals surface area (Å²) in [5.74, 6) is 0.505. The fourth-order valence-electron chi connectivity index (χ4n) is 1.71. The van der Waals surface area contributed by atoms with Crippen molar-refractivity contribution in [2.45, 2.75) is 13.0 Å². The number of nitrogens with two attached hydrogens (primary N) is 1. The third-order valence-electron chi connectivity index (χ3n) is 2.76. The molecule has 0 aliphatic carbocycles. The van der Waals surface area contributed by atoms with Gasteiger partial charge >= 0.3 is 0 Å². The number of hydrogen-bond donors (Lipinski definition) is 1. The van der Waals surface area contributed by atoms with E-state index in [9.17, 15) is 4.39 Å². The Labute approximate surface area is 106 Å². The molecule has 94 valence electrons. The van der Waals surface area contributed by atoms with Gasteiger partial charge in [-0.2, -0.15) is 0 Å². The molecule has 2 rings (SSSR count). The molecule has 1 unspecified atom stereocenters. The summed E-state index contributed by atoms with van der Waals surface area (Å²) in [6.45, 7) is 2.36. The van der Waals surface area contributed by atoms with Crippen LogP contribution in [0.2, 0.25) is 0 Å². The van der Waals surface area contributed by atoms with Crippen molar-refractivity contribution in [2.24, 2.45) is 5.73 Å². The average Bonchev–Trinajstić information content (AvgIpc) is 2.39. The van der Waals surface area contributed by atoms with Gasteiger partial charge < -0.3 is 10.5 Å². The number of halogens is 1. The van der Waals surface area contributed by atoms with Gasteiger partial charge in [0.2, 0.25) is 0 Å². The van der Waals surface area contributed by atoms with Gasteiger partial charge in [-0.15, -0.1) is 0 Å². The minimum atomic E-state index is -0.259. The van der Waals surface area contributed by atoms with E-state index >= 15 is 0 Å². The van der Waals surface area contributed by atoms with Crippen LogP contribution in [-0.4, -0.2) is 6.54 Å². The molecule has 0 fully saturated rings. The van der Waals surface area contributed by atoms with Crippen LogP contribution in [0.1, 0.15) is 17.2 Å². The zero-order valence-electron chi connectivity index (χ0n) is 10.3. The second-order valence-electron chi connectivity index (χ2n) is 4.21. The molecule has 0 spiro atoms. The molecular weight excluding hydrogens is 229 g/mol. The average molecular weight is 245 g/mol. The van der Waals surface area contributed by atoms with Crippen molar-refractivity contribution in [3.63, 3.8) is 0 Å². The third kappa shape index (κ3) is 3.08. The highest BCUT2D eigenvalue weighted by atomic mass is 19.1. The van der Waals surface area contributed by atoms with Crippen LogP contribution >= 0.6 is 0 Å². The van der Waals surface area contributed by atoms with Crippen LogP contribution in [0.25, 0.3) is 0 Å². The smallest absolute Gasteiger partial charge is 0.136 e. The highest BCUT2D eigenvalue weighted by Gasteiger charge is 2.11. The lowest BCUT2D eigenvalue weighted by atomic mass is 10.1. The first-order valence-electron chi connectivity index (χ1n) is 5.88. The number of hydrogen-bond acceptors (Lipinski definition) is 2. The number of ether oxygens (including phenoxy) is 1. The summed E-state index contributed by atoms with van der Waals surface area (Å²) in [6.07, 6.45) is -0.256. The van der Waals surface area contributed by atoms with E-state index in [4.69, 9.17) is 10.5 Å². The largest absolute Gasteiger partial charge is 0.484 e. The summed E-state index contributed by atoms with van der Waals surface area (Å²) in [4.78, 5) is 0. The monoisotopic (exact) mass is 245 g/mol. The predicted octanol–water partition coefficient (Wildman–Crippen LogP) is 3.21. The molecule has 0 amide bonds. The number of rotatable bonds is 4. The SMILES string of the molecule is Cc1ccc(OC(CN)c2ccc(F)cc2)cc1. The molecule has 0 aliphatic rings. The van der Waals surface area contributed by atoms with Gasteiger partial charge in [0.25, 0.3) is 0 Å². The Morgan fingerprint density at radius 1 is 1.06 bits per heavy atom. The van der Waals surface area contributed by atoms with E-state index < -0.39 is 0 Å². The molecule has 18 heavy (non-hydrogen) atoms. The van der Waals surface area contributed by atoms with Crippen molar-refractivity contribution < 1.29 is 9.13 Å². The van der Waals surface area contributed by atoms with Gasteiger partial charge in [0.1, 0.15) is 17.7 Å². The Kier molecular flexibility index (Phi) is 3.95. The van der Waals surface area contributed by atoms with Crippen LogP contribution in [0.3, 0.4) is 0 Å². The van der Waals surface area contributed by atoms with E-state index in [2.05, 4.69) is 0 Å². The molecule has 0 aromatic heterocycles. The zero-order valence-corrected chi connectivity index (χ0v) is 10.3. The molecule has 0 bridgehead atoms. The summed E-state index contributed by atoms with van der Waals surface area (Å²) in [5, 5.41) is 0. The Hall–Kier alpha value is -1.87. The zero-order chi connectivity index (χ0) is 13.0. The van der Waals surface area contributed by atoms with E-state index in [0.717, 1.165) is 11.3 Å². The first-order chi connectivity index (χ1) is 8.69. The second-order valence-corrected chi connectivity index (χ2v) is 4.21. The summed E-state index contributed by atoms with van der Waals surface area (Å²) in [7, 11) is 0. The van der Waals surface area contributed by atoms with Gasteiger partial charge in [-0.25, -0.2) is 4.39 Å². The number of aryl methyl sites for hydroxylation is 1. The Balaban J connectivity index is 2.14. The second kappa shape index (κ2) is 5.65. The molecule has 3 heteroatoms. The molecule has 2 nitrogen and oxygen atoms in total. The molecule has 0 radical (unpaired) electrons. The van der Waals surface area contributed by atoms with Crippen molar-refractivity contribution in [2.75, 3.05) is 6.54 Å². The predicted molar refractivity (Wildman–Crippen MR) is 70.0 cm³/mol. The minimum absolute atomic E-state index is 0.256. The highest BCUT2D eigenvalue weighted by molar-refractivity contribution is 5.28. The van der Waals surface area contributed by atoms with Crippen molar-refractivity contribution in [1.29, 1.82) is 0 Å². The maximum atomic E-state index is 12.9. The van der Waals surface area contributed by atoms with Crippen LogP contribution < -0.4 is 10.5 Å². The van der Waals surface area contributed by atoms with E-state index in [1.165, 1.54) is 17.7 Å². The number of benzene rings is 2. The quantitative estimate of drug-likeness (QED) is 0.897. The van der Waals surface area contributed by atoms with Crippen LogP contribution in [-0.2, 0) is 0 Å². The van der Waals surface area contributed by atoms with E-state index in [0.29, 0.717) is 6.54 Å². The van der Waals surface area contributed by atoms with Gasteiger partial charge in [-0.3, -0.25) is 0 Å². The molecule has 2 aromatic carbocycles. The van der Waals surface area contributed by atoms with Crippen molar-refractivity contribution >= 4 is 0 Å². The summed E-state index contributed by atoms with van der Waals surface area (Å²) >= 11 is 0. The molecular formula is C15H16FNO. The first-order valence-corrected chi connectivity index (χ1v) is 5.88. The molecule has 0 aliphatic heterocycles. The summed E-state index contributed by atoms with van der Waals surface area (Å²) < 4.78 is 18.7. The third-order valence-corrected chi connectivity index (χ3v) is 2.76. The normalized spacial score (nSPS) is 12.2. The lowest BCUT2D eigenvalue weighted by molar-refractivity contribution is 0.214. The van der Waals surface area contributed by atoms with Crippen molar-refractivity contribution in [3.8, 4) is 5.75 Å². The maximum absolute atomic E-state index is 12.9. The highest BCUT2D eigenvalue weighted by Crippen LogP contribution is 2.21.